The first-order valence-electron chi connectivity index (χ1n) is 7.14. The fraction of sp³-hybridized carbons (Fsp3) is 0.533. The fourth-order valence-electron chi connectivity index (χ4n) is 1.94. The number of guanidine groups is 1. The van der Waals surface area contributed by atoms with Crippen molar-refractivity contribution in [3.05, 3.63) is 35.9 Å². The molecule has 0 aliphatic rings. The molecule has 0 amide bonds. The highest BCUT2D eigenvalue weighted by atomic mass is 19.4. The maximum absolute atomic E-state index is 12.2. The summed E-state index contributed by atoms with van der Waals surface area (Å²) in [6, 6.07) is 10.0. The van der Waals surface area contributed by atoms with Crippen LogP contribution in [0.5, 0.6) is 0 Å². The molecule has 1 aromatic rings. The van der Waals surface area contributed by atoms with E-state index >= 15 is 0 Å². The first-order valence-corrected chi connectivity index (χ1v) is 7.14. The van der Waals surface area contributed by atoms with E-state index in [1.807, 2.05) is 30.3 Å². The molecule has 0 heterocycles. The Balaban J connectivity index is 2.20. The van der Waals surface area contributed by atoms with Crippen LogP contribution >= 0.6 is 0 Å². The molecular weight excluding hydrogens is 293 g/mol. The van der Waals surface area contributed by atoms with Crippen LogP contribution in [0.1, 0.15) is 5.56 Å². The van der Waals surface area contributed by atoms with Gasteiger partial charge in [-0.3, -0.25) is 9.89 Å². The van der Waals surface area contributed by atoms with Gasteiger partial charge in [0.1, 0.15) is 0 Å². The van der Waals surface area contributed by atoms with Crippen LogP contribution in [-0.4, -0.2) is 57.3 Å². The quantitative estimate of drug-likeness (QED) is 0.596. The van der Waals surface area contributed by atoms with E-state index < -0.39 is 12.7 Å². The summed E-state index contributed by atoms with van der Waals surface area (Å²) >= 11 is 0. The van der Waals surface area contributed by atoms with Gasteiger partial charge in [0, 0.05) is 26.7 Å². The van der Waals surface area contributed by atoms with Gasteiger partial charge < -0.3 is 10.6 Å². The molecule has 0 aliphatic heterocycles. The Labute approximate surface area is 129 Å². The molecule has 0 saturated carbocycles. The number of hydrogen-bond acceptors (Lipinski definition) is 2. The van der Waals surface area contributed by atoms with E-state index in [1.165, 1.54) is 17.5 Å². The highest BCUT2D eigenvalue weighted by Crippen LogP contribution is 2.14. The topological polar surface area (TPSA) is 39.7 Å². The van der Waals surface area contributed by atoms with E-state index in [0.29, 0.717) is 25.6 Å². The minimum absolute atomic E-state index is 0.291. The zero-order valence-electron chi connectivity index (χ0n) is 13.0. The van der Waals surface area contributed by atoms with Crippen LogP contribution in [0.3, 0.4) is 0 Å². The molecule has 0 unspecified atom stereocenters. The standard InChI is InChI=1S/C15H23F3N4/c1-19-14(20-9-8-13-6-4-3-5-7-13)21-10-11-22(2)12-15(16,17)18/h3-7H,8-12H2,1-2H3,(H2,19,20,21). The number of aliphatic imine (C=N–C) groups is 1. The van der Waals surface area contributed by atoms with E-state index in [0.717, 1.165) is 6.42 Å². The predicted octanol–water partition coefficient (Wildman–Crippen LogP) is 1.89. The molecule has 0 atom stereocenters. The molecule has 0 saturated heterocycles. The summed E-state index contributed by atoms with van der Waals surface area (Å²) in [5.74, 6) is 0.594. The number of nitrogens with zero attached hydrogens (tertiary/aromatic N) is 2. The fourth-order valence-corrected chi connectivity index (χ4v) is 1.94. The van der Waals surface area contributed by atoms with Crippen molar-refractivity contribution in [2.45, 2.75) is 12.6 Å². The zero-order chi connectivity index (χ0) is 16.4. The molecule has 1 rings (SSSR count). The van der Waals surface area contributed by atoms with Crippen molar-refractivity contribution in [3.63, 3.8) is 0 Å². The number of halogens is 3. The summed E-state index contributed by atoms with van der Waals surface area (Å²) in [6.07, 6.45) is -3.31. The van der Waals surface area contributed by atoms with E-state index in [9.17, 15) is 13.2 Å². The minimum Gasteiger partial charge on any atom is -0.356 e. The lowest BCUT2D eigenvalue weighted by Crippen LogP contribution is -2.42. The molecule has 124 valence electrons. The average Bonchev–Trinajstić information content (AvgIpc) is 2.45. The third-order valence-electron chi connectivity index (χ3n) is 3.01. The Morgan fingerprint density at radius 2 is 1.77 bits per heavy atom. The molecule has 7 heteroatoms. The summed E-state index contributed by atoms with van der Waals surface area (Å²) < 4.78 is 36.6. The average molecular weight is 316 g/mol. The molecule has 1 aromatic carbocycles. The summed E-state index contributed by atoms with van der Waals surface area (Å²) in [6.45, 7) is 0.493. The zero-order valence-corrected chi connectivity index (χ0v) is 13.0. The third-order valence-corrected chi connectivity index (χ3v) is 3.01. The van der Waals surface area contributed by atoms with Crippen LogP contribution < -0.4 is 10.6 Å². The van der Waals surface area contributed by atoms with Gasteiger partial charge in [0.2, 0.25) is 0 Å². The second-order valence-electron chi connectivity index (χ2n) is 5.01. The monoisotopic (exact) mass is 316 g/mol. The Kier molecular flexibility index (Phi) is 7.73. The van der Waals surface area contributed by atoms with E-state index in [1.54, 1.807) is 7.05 Å². The summed E-state index contributed by atoms with van der Waals surface area (Å²) in [5, 5.41) is 6.14. The number of rotatable bonds is 7. The van der Waals surface area contributed by atoms with Crippen molar-refractivity contribution in [2.75, 3.05) is 40.3 Å². The van der Waals surface area contributed by atoms with Gasteiger partial charge >= 0.3 is 6.18 Å². The molecule has 0 fully saturated rings. The van der Waals surface area contributed by atoms with Crippen molar-refractivity contribution in [1.82, 2.24) is 15.5 Å². The lowest BCUT2D eigenvalue weighted by Gasteiger charge is -2.19. The normalized spacial score (nSPS) is 12.5. The minimum atomic E-state index is -4.16. The van der Waals surface area contributed by atoms with E-state index in [4.69, 9.17) is 0 Å². The van der Waals surface area contributed by atoms with Crippen molar-refractivity contribution in [2.24, 2.45) is 4.99 Å². The van der Waals surface area contributed by atoms with Gasteiger partial charge in [-0.1, -0.05) is 30.3 Å². The smallest absolute Gasteiger partial charge is 0.356 e. The Bertz CT molecular complexity index is 446. The number of nitrogens with one attached hydrogen (secondary N) is 2. The second-order valence-corrected chi connectivity index (χ2v) is 5.01. The van der Waals surface area contributed by atoms with Crippen molar-refractivity contribution in [3.8, 4) is 0 Å². The van der Waals surface area contributed by atoms with Gasteiger partial charge in [-0.2, -0.15) is 13.2 Å². The Hall–Kier alpha value is -1.76. The van der Waals surface area contributed by atoms with E-state index in [-0.39, 0.29) is 0 Å². The molecule has 4 nitrogen and oxygen atoms in total. The van der Waals surface area contributed by atoms with Crippen molar-refractivity contribution < 1.29 is 13.2 Å². The van der Waals surface area contributed by atoms with Gasteiger partial charge in [-0.25, -0.2) is 0 Å². The summed E-state index contributed by atoms with van der Waals surface area (Å²) in [7, 11) is 3.08. The largest absolute Gasteiger partial charge is 0.401 e. The van der Waals surface area contributed by atoms with Crippen molar-refractivity contribution in [1.29, 1.82) is 0 Å². The highest BCUT2D eigenvalue weighted by molar-refractivity contribution is 5.79. The third kappa shape index (κ3) is 8.51. The Morgan fingerprint density at radius 1 is 1.14 bits per heavy atom. The lowest BCUT2D eigenvalue weighted by molar-refractivity contribution is -0.142. The number of alkyl halides is 3. The lowest BCUT2D eigenvalue weighted by atomic mass is 10.1. The molecule has 0 radical (unpaired) electrons. The second kappa shape index (κ2) is 9.30. The van der Waals surface area contributed by atoms with Gasteiger partial charge in [-0.15, -0.1) is 0 Å². The highest BCUT2D eigenvalue weighted by Gasteiger charge is 2.28. The van der Waals surface area contributed by atoms with Crippen LogP contribution in [0.15, 0.2) is 35.3 Å². The molecule has 0 bridgehead atoms. The molecule has 2 N–H and O–H groups in total. The first kappa shape index (κ1) is 18.3. The van der Waals surface area contributed by atoms with Gasteiger partial charge in [0.25, 0.3) is 0 Å². The van der Waals surface area contributed by atoms with Gasteiger partial charge in [0.05, 0.1) is 6.54 Å². The summed E-state index contributed by atoms with van der Waals surface area (Å²) in [4.78, 5) is 5.27. The van der Waals surface area contributed by atoms with Crippen LogP contribution in [-0.2, 0) is 6.42 Å². The summed E-state index contributed by atoms with van der Waals surface area (Å²) in [5.41, 5.74) is 1.22. The van der Waals surface area contributed by atoms with Crippen LogP contribution in [0.4, 0.5) is 13.2 Å². The Morgan fingerprint density at radius 3 is 2.36 bits per heavy atom. The number of hydrogen-bond donors (Lipinski definition) is 2. The molecule has 22 heavy (non-hydrogen) atoms. The van der Waals surface area contributed by atoms with Crippen molar-refractivity contribution >= 4 is 5.96 Å². The maximum Gasteiger partial charge on any atom is 0.401 e. The molecule has 0 aromatic heterocycles. The maximum atomic E-state index is 12.2. The van der Waals surface area contributed by atoms with Crippen LogP contribution in [0, 0.1) is 0 Å². The molecule has 0 aliphatic carbocycles. The molecule has 0 spiro atoms. The molecular formula is C15H23F3N4. The van der Waals surface area contributed by atoms with Crippen LogP contribution in [0.2, 0.25) is 0 Å². The number of likely N-dealkylation sites (N-methyl/N-ethyl adjacent to an activating group) is 1. The van der Waals surface area contributed by atoms with Gasteiger partial charge in [-0.05, 0) is 19.0 Å². The van der Waals surface area contributed by atoms with Crippen LogP contribution in [0.25, 0.3) is 0 Å². The predicted molar refractivity (Wildman–Crippen MR) is 83.1 cm³/mol. The first-order chi connectivity index (χ1) is 10.4. The SMILES string of the molecule is CN=C(NCCc1ccccc1)NCCN(C)CC(F)(F)F. The number of benzene rings is 1. The van der Waals surface area contributed by atoms with Gasteiger partial charge in [0.15, 0.2) is 5.96 Å². The van der Waals surface area contributed by atoms with E-state index in [2.05, 4.69) is 15.6 Å².